The van der Waals surface area contributed by atoms with Crippen molar-refractivity contribution in [2.45, 2.75) is 5.54 Å². The first-order valence-corrected chi connectivity index (χ1v) is 5.48. The Morgan fingerprint density at radius 1 is 1.38 bits per heavy atom. The Kier molecular flexibility index (Phi) is 3.28. The third-order valence-corrected chi connectivity index (χ3v) is 3.62. The Balaban J connectivity index is 2.46. The lowest BCUT2D eigenvalue weighted by Crippen LogP contribution is -2.60. The van der Waals surface area contributed by atoms with Gasteiger partial charge in [0.1, 0.15) is 16.3 Å². The van der Waals surface area contributed by atoms with Crippen molar-refractivity contribution >= 4 is 23.2 Å². The fourth-order valence-electron chi connectivity index (χ4n) is 1.68. The number of rotatable bonds is 3. The minimum absolute atomic E-state index is 0.392. The van der Waals surface area contributed by atoms with E-state index in [0.29, 0.717) is 29.0 Å². The van der Waals surface area contributed by atoms with Crippen molar-refractivity contribution < 1.29 is 9.47 Å². The third kappa shape index (κ3) is 1.67. The number of halogens is 2. The van der Waals surface area contributed by atoms with Gasteiger partial charge in [-0.1, -0.05) is 29.3 Å². The van der Waals surface area contributed by atoms with Crippen LogP contribution >= 0.6 is 23.2 Å². The van der Waals surface area contributed by atoms with Crippen LogP contribution in [0.1, 0.15) is 5.56 Å². The van der Waals surface area contributed by atoms with Gasteiger partial charge in [0.15, 0.2) is 0 Å². The van der Waals surface area contributed by atoms with Crippen molar-refractivity contribution in [3.8, 4) is 5.75 Å². The summed E-state index contributed by atoms with van der Waals surface area (Å²) in [6.07, 6.45) is 0. The van der Waals surface area contributed by atoms with Gasteiger partial charge in [0, 0.05) is 0 Å². The Bertz CT molecular complexity index is 403. The van der Waals surface area contributed by atoms with Crippen LogP contribution in [0.3, 0.4) is 0 Å². The molecule has 0 saturated carbocycles. The first-order valence-electron chi connectivity index (χ1n) is 4.72. The molecule has 16 heavy (non-hydrogen) atoms. The molecule has 1 aromatic rings. The summed E-state index contributed by atoms with van der Waals surface area (Å²) in [6, 6.07) is 3.61. The Morgan fingerprint density at radius 2 is 2.06 bits per heavy atom. The van der Waals surface area contributed by atoms with Crippen LogP contribution in [-0.2, 0) is 10.3 Å². The standard InChI is InChI=1S/C10H12Cl2N2O2/c1-15-7-3-2-6(8(11)9(7)12)10(14-13)4-16-5-10/h2-3,14H,4-5,13H2,1H3. The van der Waals surface area contributed by atoms with E-state index in [2.05, 4.69) is 5.43 Å². The highest BCUT2D eigenvalue weighted by atomic mass is 35.5. The van der Waals surface area contributed by atoms with Gasteiger partial charge in [0.2, 0.25) is 0 Å². The largest absolute Gasteiger partial charge is 0.495 e. The number of hydrogen-bond acceptors (Lipinski definition) is 4. The van der Waals surface area contributed by atoms with E-state index < -0.39 is 5.54 Å². The number of hydrazine groups is 1. The second-order valence-electron chi connectivity index (χ2n) is 3.66. The van der Waals surface area contributed by atoms with Crippen LogP contribution in [-0.4, -0.2) is 20.3 Å². The van der Waals surface area contributed by atoms with Crippen molar-refractivity contribution in [3.05, 3.63) is 27.7 Å². The number of nitrogens with one attached hydrogen (secondary N) is 1. The van der Waals surface area contributed by atoms with Crippen molar-refractivity contribution in [1.82, 2.24) is 5.43 Å². The van der Waals surface area contributed by atoms with Gasteiger partial charge in [0.05, 0.1) is 25.3 Å². The lowest BCUT2D eigenvalue weighted by molar-refractivity contribution is -0.0786. The molecule has 1 aliphatic rings. The first kappa shape index (κ1) is 12.0. The van der Waals surface area contributed by atoms with Gasteiger partial charge in [0.25, 0.3) is 0 Å². The summed E-state index contributed by atoms with van der Waals surface area (Å²) in [7, 11) is 1.54. The summed E-state index contributed by atoms with van der Waals surface area (Å²) in [5.74, 6) is 6.07. The van der Waals surface area contributed by atoms with Crippen molar-refractivity contribution in [1.29, 1.82) is 0 Å². The molecular weight excluding hydrogens is 251 g/mol. The van der Waals surface area contributed by atoms with E-state index in [9.17, 15) is 0 Å². The average molecular weight is 263 g/mol. The molecule has 0 atom stereocenters. The average Bonchev–Trinajstić information content (AvgIpc) is 2.23. The fourth-order valence-corrected chi connectivity index (χ4v) is 2.26. The normalized spacial score (nSPS) is 18.0. The lowest BCUT2D eigenvalue weighted by atomic mass is 9.88. The molecule has 0 aliphatic carbocycles. The van der Waals surface area contributed by atoms with Crippen LogP contribution in [0.5, 0.6) is 5.75 Å². The molecule has 1 saturated heterocycles. The van der Waals surface area contributed by atoms with Gasteiger partial charge in [-0.2, -0.15) is 0 Å². The molecule has 2 rings (SSSR count). The molecule has 0 radical (unpaired) electrons. The molecule has 0 unspecified atom stereocenters. The maximum absolute atomic E-state index is 6.19. The SMILES string of the molecule is COc1ccc(C2(NN)COC2)c(Cl)c1Cl. The van der Waals surface area contributed by atoms with Crippen LogP contribution in [0.4, 0.5) is 0 Å². The van der Waals surface area contributed by atoms with E-state index in [4.69, 9.17) is 38.5 Å². The topological polar surface area (TPSA) is 56.5 Å². The van der Waals surface area contributed by atoms with Crippen molar-refractivity contribution in [3.63, 3.8) is 0 Å². The highest BCUT2D eigenvalue weighted by Crippen LogP contribution is 2.41. The van der Waals surface area contributed by atoms with Gasteiger partial charge >= 0.3 is 0 Å². The molecule has 1 aliphatic heterocycles. The highest BCUT2D eigenvalue weighted by Gasteiger charge is 2.41. The molecular formula is C10H12Cl2N2O2. The molecule has 88 valence electrons. The maximum atomic E-state index is 6.19. The molecule has 1 heterocycles. The summed E-state index contributed by atoms with van der Waals surface area (Å²) in [4.78, 5) is 0. The Labute approximate surface area is 104 Å². The zero-order chi connectivity index (χ0) is 11.8. The molecule has 4 nitrogen and oxygen atoms in total. The maximum Gasteiger partial charge on any atom is 0.139 e. The molecule has 1 fully saturated rings. The van der Waals surface area contributed by atoms with E-state index in [-0.39, 0.29) is 0 Å². The van der Waals surface area contributed by atoms with Crippen LogP contribution in [0.15, 0.2) is 12.1 Å². The van der Waals surface area contributed by atoms with Crippen molar-refractivity contribution in [2.24, 2.45) is 5.84 Å². The fraction of sp³-hybridized carbons (Fsp3) is 0.400. The van der Waals surface area contributed by atoms with E-state index in [1.807, 2.05) is 6.07 Å². The van der Waals surface area contributed by atoms with E-state index in [0.717, 1.165) is 5.56 Å². The number of benzene rings is 1. The molecule has 0 bridgehead atoms. The predicted molar refractivity (Wildman–Crippen MR) is 62.8 cm³/mol. The zero-order valence-corrected chi connectivity index (χ0v) is 10.2. The smallest absolute Gasteiger partial charge is 0.139 e. The van der Waals surface area contributed by atoms with Crippen LogP contribution in [0.2, 0.25) is 10.0 Å². The number of hydrogen-bond donors (Lipinski definition) is 2. The number of ether oxygens (including phenoxy) is 2. The summed E-state index contributed by atoms with van der Waals surface area (Å²) in [6.45, 7) is 0.956. The summed E-state index contributed by atoms with van der Waals surface area (Å²) in [5, 5.41) is 0.838. The van der Waals surface area contributed by atoms with E-state index in [1.165, 1.54) is 0 Å². The predicted octanol–water partition coefficient (Wildman–Crippen LogP) is 1.69. The van der Waals surface area contributed by atoms with E-state index in [1.54, 1.807) is 13.2 Å². The van der Waals surface area contributed by atoms with Gasteiger partial charge in [-0.15, -0.1) is 0 Å². The second-order valence-corrected chi connectivity index (χ2v) is 4.42. The quantitative estimate of drug-likeness (QED) is 0.643. The molecule has 3 N–H and O–H groups in total. The van der Waals surface area contributed by atoms with E-state index >= 15 is 0 Å². The lowest BCUT2D eigenvalue weighted by Gasteiger charge is -2.41. The van der Waals surface area contributed by atoms with Crippen LogP contribution in [0.25, 0.3) is 0 Å². The third-order valence-electron chi connectivity index (χ3n) is 2.76. The molecule has 6 heteroatoms. The monoisotopic (exact) mass is 262 g/mol. The van der Waals surface area contributed by atoms with Crippen LogP contribution < -0.4 is 16.0 Å². The first-order chi connectivity index (χ1) is 7.64. The molecule has 0 aromatic heterocycles. The Hall–Kier alpha value is -0.520. The van der Waals surface area contributed by atoms with Gasteiger partial charge < -0.3 is 9.47 Å². The van der Waals surface area contributed by atoms with Gasteiger partial charge in [-0.25, -0.2) is 5.43 Å². The number of nitrogens with two attached hydrogens (primary N) is 1. The zero-order valence-electron chi connectivity index (χ0n) is 8.72. The summed E-state index contributed by atoms with van der Waals surface area (Å²) < 4.78 is 10.2. The summed E-state index contributed by atoms with van der Waals surface area (Å²) >= 11 is 12.3. The molecule has 1 aromatic carbocycles. The minimum atomic E-state index is -0.438. The minimum Gasteiger partial charge on any atom is -0.495 e. The number of methoxy groups -OCH3 is 1. The molecule has 0 amide bonds. The second kappa shape index (κ2) is 4.39. The van der Waals surface area contributed by atoms with Gasteiger partial charge in [-0.05, 0) is 11.6 Å². The van der Waals surface area contributed by atoms with Crippen molar-refractivity contribution in [2.75, 3.05) is 20.3 Å². The van der Waals surface area contributed by atoms with Crippen LogP contribution in [0, 0.1) is 0 Å². The highest BCUT2D eigenvalue weighted by molar-refractivity contribution is 6.43. The summed E-state index contributed by atoms with van der Waals surface area (Å²) in [5.41, 5.74) is 3.12. The van der Waals surface area contributed by atoms with Gasteiger partial charge in [-0.3, -0.25) is 5.84 Å². The molecule has 0 spiro atoms. The Morgan fingerprint density at radius 3 is 2.50 bits per heavy atom.